The maximum Gasteiger partial charge on any atom is 0.410 e. The van der Waals surface area contributed by atoms with Crippen molar-refractivity contribution < 1.29 is 18.1 Å². The summed E-state index contributed by atoms with van der Waals surface area (Å²) in [5.74, 6) is 1.46. The molecule has 10 heteroatoms. The topological polar surface area (TPSA) is 87.7 Å². The number of hydrogen-bond donors (Lipinski definition) is 1. The van der Waals surface area contributed by atoms with Crippen LogP contribution in [-0.4, -0.2) is 62.8 Å². The van der Waals surface area contributed by atoms with Crippen LogP contribution in [0.3, 0.4) is 0 Å². The van der Waals surface area contributed by atoms with Crippen molar-refractivity contribution in [1.29, 1.82) is 0 Å². The molecule has 0 saturated carbocycles. The highest BCUT2D eigenvalue weighted by atomic mass is 32.2. The van der Waals surface area contributed by atoms with Crippen molar-refractivity contribution in [3.8, 4) is 0 Å². The molecule has 3 aromatic carbocycles. The molecular weight excluding hydrogens is 529 g/mol. The van der Waals surface area contributed by atoms with Gasteiger partial charge in [0.2, 0.25) is 5.95 Å². The van der Waals surface area contributed by atoms with E-state index in [0.717, 1.165) is 32.5 Å². The molecule has 4 aromatic rings. The van der Waals surface area contributed by atoms with E-state index in [1.54, 1.807) is 0 Å². The molecule has 2 aliphatic rings. The lowest BCUT2D eigenvalue weighted by molar-refractivity contribution is 0.102. The molecule has 1 amide bonds. The lowest BCUT2D eigenvalue weighted by atomic mass is 10.1. The second kappa shape index (κ2) is 11.2. The summed E-state index contributed by atoms with van der Waals surface area (Å²) in [5.41, 5.74) is 3.60. The Hall–Kier alpha value is -4.05. The summed E-state index contributed by atoms with van der Waals surface area (Å²) in [6.07, 6.45) is -1.84. The Bertz CT molecular complexity index is 1570. The number of ether oxygens (including phenoxy) is 1. The number of anilines is 2. The van der Waals surface area contributed by atoms with E-state index in [1.165, 1.54) is 4.90 Å². The number of nitrogens with zero attached hydrogens (tertiary/aromatic N) is 4. The van der Waals surface area contributed by atoms with Crippen molar-refractivity contribution in [2.45, 2.75) is 37.2 Å². The van der Waals surface area contributed by atoms with Crippen molar-refractivity contribution in [2.75, 3.05) is 35.6 Å². The first-order valence-electron chi connectivity index (χ1n) is 13.3. The molecule has 8 nitrogen and oxygen atoms in total. The van der Waals surface area contributed by atoms with Crippen LogP contribution in [0.4, 0.5) is 21.0 Å². The lowest BCUT2D eigenvalue weighted by Crippen LogP contribution is -2.33. The van der Waals surface area contributed by atoms with E-state index in [9.17, 15) is 9.00 Å². The SMILES string of the molecule is Cc1ccc2nc(N3CCS(=O)c4ccccc4C3)nc(NC3CN(C(=O)OCc4ccccc4)CC3F)c2c1. The number of carbonyl (C=O) groups is 1. The molecule has 206 valence electrons. The van der Waals surface area contributed by atoms with E-state index in [0.29, 0.717) is 30.6 Å². The summed E-state index contributed by atoms with van der Waals surface area (Å²) in [6.45, 7) is 3.25. The second-order valence-electron chi connectivity index (χ2n) is 10.2. The van der Waals surface area contributed by atoms with Gasteiger partial charge in [-0.15, -0.1) is 0 Å². The summed E-state index contributed by atoms with van der Waals surface area (Å²) in [5, 5.41) is 4.06. The Kier molecular flexibility index (Phi) is 7.34. The number of benzene rings is 3. The zero-order valence-electron chi connectivity index (χ0n) is 22.1. The van der Waals surface area contributed by atoms with Gasteiger partial charge >= 0.3 is 6.09 Å². The van der Waals surface area contributed by atoms with Crippen LogP contribution in [0, 0.1) is 6.92 Å². The molecule has 1 aromatic heterocycles. The van der Waals surface area contributed by atoms with Crippen LogP contribution < -0.4 is 10.2 Å². The number of aryl methyl sites for hydroxylation is 1. The van der Waals surface area contributed by atoms with Gasteiger partial charge in [0.1, 0.15) is 18.6 Å². The summed E-state index contributed by atoms with van der Waals surface area (Å²) in [6, 6.07) is 22.4. The van der Waals surface area contributed by atoms with E-state index < -0.39 is 29.1 Å². The third-order valence-corrected chi connectivity index (χ3v) is 8.72. The van der Waals surface area contributed by atoms with Crippen LogP contribution in [0.1, 0.15) is 16.7 Å². The van der Waals surface area contributed by atoms with Crippen LogP contribution in [0.2, 0.25) is 0 Å². The molecule has 1 saturated heterocycles. The zero-order chi connectivity index (χ0) is 27.6. The summed E-state index contributed by atoms with van der Waals surface area (Å²) >= 11 is 0. The van der Waals surface area contributed by atoms with Gasteiger partial charge in [0.25, 0.3) is 0 Å². The standard InChI is InChI=1S/C30H30FN5O3S/c1-20-11-12-25-23(15-20)28(34-29(33-25)35-13-14-40(38)27-10-6-5-9-22(27)16-35)32-26-18-36(17-24(26)31)30(37)39-19-21-7-3-2-4-8-21/h2-12,15,24,26H,13-14,16-19H2,1H3,(H,32,33,34). The first kappa shape index (κ1) is 26.2. The van der Waals surface area contributed by atoms with Crippen LogP contribution in [0.25, 0.3) is 10.9 Å². The predicted octanol–water partition coefficient (Wildman–Crippen LogP) is 4.84. The highest BCUT2D eigenvalue weighted by Gasteiger charge is 2.37. The molecule has 0 spiro atoms. The second-order valence-corrected chi connectivity index (χ2v) is 11.7. The van der Waals surface area contributed by atoms with Crippen LogP contribution >= 0.6 is 0 Å². The van der Waals surface area contributed by atoms with E-state index >= 15 is 4.39 Å². The molecule has 2 aliphatic heterocycles. The summed E-state index contributed by atoms with van der Waals surface area (Å²) in [7, 11) is -1.11. The van der Waals surface area contributed by atoms with E-state index in [1.807, 2.05) is 84.6 Å². The minimum Gasteiger partial charge on any atom is -0.445 e. The Morgan fingerprint density at radius 1 is 1.07 bits per heavy atom. The Balaban J connectivity index is 1.24. The first-order valence-corrected chi connectivity index (χ1v) is 14.6. The van der Waals surface area contributed by atoms with Gasteiger partial charge in [-0.3, -0.25) is 4.21 Å². The molecule has 3 unspecified atom stereocenters. The minimum absolute atomic E-state index is 0.0606. The number of hydrogen-bond acceptors (Lipinski definition) is 7. The number of carbonyl (C=O) groups excluding carboxylic acids is 1. The summed E-state index contributed by atoms with van der Waals surface area (Å²) < 4.78 is 33.5. The molecule has 40 heavy (non-hydrogen) atoms. The van der Waals surface area contributed by atoms with Gasteiger partial charge in [0.15, 0.2) is 0 Å². The number of likely N-dealkylation sites (tertiary alicyclic amines) is 1. The van der Waals surface area contributed by atoms with Crippen molar-refractivity contribution in [1.82, 2.24) is 14.9 Å². The molecule has 0 radical (unpaired) electrons. The van der Waals surface area contributed by atoms with Crippen LogP contribution in [0.5, 0.6) is 0 Å². The molecule has 6 rings (SSSR count). The fourth-order valence-electron chi connectivity index (χ4n) is 5.13. The van der Waals surface area contributed by atoms with Crippen molar-refractivity contribution in [3.05, 3.63) is 89.5 Å². The molecular formula is C30H30FN5O3S. The molecule has 0 aliphatic carbocycles. The fraction of sp³-hybridized carbons (Fsp3) is 0.300. The number of amides is 1. The Morgan fingerprint density at radius 2 is 1.88 bits per heavy atom. The van der Waals surface area contributed by atoms with E-state index in [4.69, 9.17) is 14.7 Å². The lowest BCUT2D eigenvalue weighted by Gasteiger charge is -2.23. The third-order valence-electron chi connectivity index (χ3n) is 7.28. The van der Waals surface area contributed by atoms with Gasteiger partial charge in [-0.05, 0) is 36.2 Å². The number of alkyl halides is 1. The van der Waals surface area contributed by atoms with Gasteiger partial charge in [-0.25, -0.2) is 14.2 Å². The molecule has 3 atom stereocenters. The van der Waals surface area contributed by atoms with E-state index in [2.05, 4.69) is 5.32 Å². The number of rotatable bonds is 5. The number of fused-ring (bicyclic) bond motifs is 2. The normalized spacial score (nSPS) is 20.7. The van der Waals surface area contributed by atoms with Crippen molar-refractivity contribution in [3.63, 3.8) is 0 Å². The third kappa shape index (κ3) is 5.49. The van der Waals surface area contributed by atoms with Crippen molar-refractivity contribution in [2.24, 2.45) is 0 Å². The predicted molar refractivity (Wildman–Crippen MR) is 154 cm³/mol. The van der Waals surface area contributed by atoms with Crippen LogP contribution in [-0.2, 0) is 28.7 Å². The van der Waals surface area contributed by atoms with Gasteiger partial charge in [-0.1, -0.05) is 60.2 Å². The van der Waals surface area contributed by atoms with Gasteiger partial charge < -0.3 is 19.9 Å². The first-order chi connectivity index (χ1) is 19.4. The van der Waals surface area contributed by atoms with Gasteiger partial charge in [0, 0.05) is 35.7 Å². The molecule has 3 heterocycles. The highest BCUT2D eigenvalue weighted by Crippen LogP contribution is 2.30. The minimum atomic E-state index is -1.30. The maximum atomic E-state index is 15.2. The maximum absolute atomic E-state index is 15.2. The largest absolute Gasteiger partial charge is 0.445 e. The van der Waals surface area contributed by atoms with Gasteiger partial charge in [0.05, 0.1) is 28.9 Å². The number of aromatic nitrogens is 2. The molecule has 1 fully saturated rings. The number of nitrogens with one attached hydrogen (secondary N) is 1. The Labute approximate surface area is 234 Å². The smallest absolute Gasteiger partial charge is 0.410 e. The van der Waals surface area contributed by atoms with Gasteiger partial charge in [-0.2, -0.15) is 4.98 Å². The van der Waals surface area contributed by atoms with E-state index in [-0.39, 0.29) is 19.7 Å². The average Bonchev–Trinajstić information content (AvgIpc) is 3.25. The van der Waals surface area contributed by atoms with Crippen LogP contribution in [0.15, 0.2) is 77.7 Å². The highest BCUT2D eigenvalue weighted by molar-refractivity contribution is 7.85. The van der Waals surface area contributed by atoms with Crippen molar-refractivity contribution >= 4 is 39.6 Å². The summed E-state index contributed by atoms with van der Waals surface area (Å²) in [4.78, 5) is 26.6. The quantitative estimate of drug-likeness (QED) is 0.375. The molecule has 0 bridgehead atoms. The Morgan fingerprint density at radius 3 is 2.73 bits per heavy atom. The number of halogens is 1. The zero-order valence-corrected chi connectivity index (χ0v) is 22.9. The fourth-order valence-corrected chi connectivity index (χ4v) is 6.39. The molecule has 1 N–H and O–H groups in total. The average molecular weight is 560 g/mol. The monoisotopic (exact) mass is 559 g/mol.